The largest absolute Gasteiger partial charge is 0.365 e. The third kappa shape index (κ3) is 3.29. The van der Waals surface area contributed by atoms with E-state index < -0.39 is 0 Å². The Morgan fingerprint density at radius 2 is 2.15 bits per heavy atom. The van der Waals surface area contributed by atoms with Gasteiger partial charge >= 0.3 is 0 Å². The van der Waals surface area contributed by atoms with Crippen molar-refractivity contribution in [3.63, 3.8) is 0 Å². The first-order valence-electron chi connectivity index (χ1n) is 7.35. The highest BCUT2D eigenvalue weighted by Gasteiger charge is 2.20. The number of nitrogens with one attached hydrogen (secondary N) is 1. The lowest BCUT2D eigenvalue weighted by atomic mass is 10.0. The minimum Gasteiger partial charge on any atom is -0.365 e. The van der Waals surface area contributed by atoms with Crippen LogP contribution in [-0.2, 0) is 12.8 Å². The molecule has 1 aliphatic rings. The van der Waals surface area contributed by atoms with E-state index in [1.165, 1.54) is 11.3 Å². The number of nitriles is 1. The zero-order valence-corrected chi connectivity index (χ0v) is 12.9. The fourth-order valence-corrected chi connectivity index (χ4v) is 2.66. The lowest BCUT2D eigenvalue weighted by Gasteiger charge is -2.26. The van der Waals surface area contributed by atoms with Crippen molar-refractivity contribution >= 4 is 5.82 Å². The van der Waals surface area contributed by atoms with Gasteiger partial charge in [-0.25, -0.2) is 4.98 Å². The zero-order chi connectivity index (χ0) is 14.7. The highest BCUT2D eigenvalue weighted by atomic mass is 15.1. The number of rotatable bonds is 5. The molecule has 0 aliphatic heterocycles. The molecule has 0 spiro atoms. The van der Waals surface area contributed by atoms with E-state index in [0.717, 1.165) is 31.6 Å². The number of nitrogens with zero attached hydrogens (tertiary/aromatic N) is 3. The van der Waals surface area contributed by atoms with Gasteiger partial charge in [0.1, 0.15) is 11.9 Å². The van der Waals surface area contributed by atoms with E-state index >= 15 is 0 Å². The van der Waals surface area contributed by atoms with E-state index in [4.69, 9.17) is 4.98 Å². The maximum atomic E-state index is 9.34. The number of hydrogen-bond donors (Lipinski definition) is 1. The van der Waals surface area contributed by atoms with Crippen LogP contribution in [-0.4, -0.2) is 36.6 Å². The van der Waals surface area contributed by atoms with E-state index in [9.17, 15) is 5.26 Å². The van der Waals surface area contributed by atoms with E-state index in [-0.39, 0.29) is 0 Å². The van der Waals surface area contributed by atoms with Gasteiger partial charge in [-0.15, -0.1) is 0 Å². The molecule has 1 aromatic rings. The van der Waals surface area contributed by atoms with Gasteiger partial charge in [0.15, 0.2) is 0 Å². The average Bonchev–Trinajstić information content (AvgIpc) is 2.83. The summed E-state index contributed by atoms with van der Waals surface area (Å²) in [6.45, 7) is 5.32. The molecule has 0 aromatic carbocycles. The maximum Gasteiger partial charge on any atom is 0.144 e. The van der Waals surface area contributed by atoms with Gasteiger partial charge < -0.3 is 10.2 Å². The summed E-state index contributed by atoms with van der Waals surface area (Å²) in [4.78, 5) is 6.87. The summed E-state index contributed by atoms with van der Waals surface area (Å²) < 4.78 is 0. The summed E-state index contributed by atoms with van der Waals surface area (Å²) in [5.41, 5.74) is 3.09. The van der Waals surface area contributed by atoms with Gasteiger partial charge in [-0.05, 0) is 50.9 Å². The predicted molar refractivity (Wildman–Crippen MR) is 81.8 cm³/mol. The number of hydrogen-bond acceptors (Lipinski definition) is 4. The molecule has 0 bridgehead atoms. The van der Waals surface area contributed by atoms with E-state index in [1.807, 2.05) is 6.07 Å². The Morgan fingerprint density at radius 3 is 2.75 bits per heavy atom. The van der Waals surface area contributed by atoms with E-state index in [1.54, 1.807) is 0 Å². The Kier molecular flexibility index (Phi) is 4.61. The number of fused-ring (bicyclic) bond motifs is 1. The molecule has 0 radical (unpaired) electrons. The standard InChI is InChI=1S/C16H24N4/c1-11(2)15(10-20(3)4)19-16-13(9-17)8-12-6-5-7-14(12)18-16/h8,11,15H,5-7,10H2,1-4H3,(H,18,19). The Bertz CT molecular complexity index is 514. The number of aromatic nitrogens is 1. The smallest absolute Gasteiger partial charge is 0.144 e. The maximum absolute atomic E-state index is 9.34. The van der Waals surface area contributed by atoms with Crippen LogP contribution in [0.4, 0.5) is 5.82 Å². The van der Waals surface area contributed by atoms with Gasteiger partial charge in [-0.2, -0.15) is 5.26 Å². The van der Waals surface area contributed by atoms with Crippen molar-refractivity contribution in [1.82, 2.24) is 9.88 Å². The third-order valence-electron chi connectivity index (χ3n) is 3.86. The summed E-state index contributed by atoms with van der Waals surface area (Å²) >= 11 is 0. The summed E-state index contributed by atoms with van der Waals surface area (Å²) in [7, 11) is 4.14. The quantitative estimate of drug-likeness (QED) is 0.894. The Morgan fingerprint density at radius 1 is 1.40 bits per heavy atom. The molecule has 0 fully saturated rings. The van der Waals surface area contributed by atoms with E-state index in [2.05, 4.69) is 44.2 Å². The number of anilines is 1. The summed E-state index contributed by atoms with van der Waals surface area (Å²) in [6, 6.07) is 4.60. The van der Waals surface area contributed by atoms with Crippen LogP contribution in [0.2, 0.25) is 0 Å². The highest BCUT2D eigenvalue weighted by Crippen LogP contribution is 2.25. The van der Waals surface area contributed by atoms with Crippen LogP contribution in [0.15, 0.2) is 6.07 Å². The van der Waals surface area contributed by atoms with Crippen LogP contribution in [0.1, 0.15) is 37.1 Å². The molecule has 1 N–H and O–H groups in total. The lowest BCUT2D eigenvalue weighted by Crippen LogP contribution is -2.37. The van der Waals surface area contributed by atoms with Crippen LogP contribution in [0.3, 0.4) is 0 Å². The summed E-state index contributed by atoms with van der Waals surface area (Å²) in [5, 5.41) is 12.8. The summed E-state index contributed by atoms with van der Waals surface area (Å²) in [6.07, 6.45) is 3.25. The molecule has 20 heavy (non-hydrogen) atoms. The molecule has 4 heteroatoms. The van der Waals surface area contributed by atoms with Crippen LogP contribution in [0, 0.1) is 17.2 Å². The Balaban J connectivity index is 2.25. The van der Waals surface area contributed by atoms with Crippen molar-refractivity contribution < 1.29 is 0 Å². The second kappa shape index (κ2) is 6.23. The summed E-state index contributed by atoms with van der Waals surface area (Å²) in [5.74, 6) is 1.24. The predicted octanol–water partition coefficient (Wildman–Crippen LogP) is 2.44. The minimum absolute atomic E-state index is 0.295. The van der Waals surface area contributed by atoms with Crippen molar-refractivity contribution in [3.8, 4) is 6.07 Å². The van der Waals surface area contributed by atoms with Gasteiger partial charge in [0.2, 0.25) is 0 Å². The normalized spacial score (nSPS) is 15.2. The molecule has 1 aromatic heterocycles. The second-order valence-electron chi connectivity index (χ2n) is 6.21. The van der Waals surface area contributed by atoms with Crippen LogP contribution in [0.5, 0.6) is 0 Å². The molecule has 0 amide bonds. The van der Waals surface area contributed by atoms with Crippen molar-refractivity contribution in [2.24, 2.45) is 5.92 Å². The molecule has 0 saturated heterocycles. The number of pyridine rings is 1. The first kappa shape index (κ1) is 14.8. The molecule has 2 rings (SSSR count). The minimum atomic E-state index is 0.295. The van der Waals surface area contributed by atoms with Crippen LogP contribution >= 0.6 is 0 Å². The van der Waals surface area contributed by atoms with E-state index in [0.29, 0.717) is 17.5 Å². The van der Waals surface area contributed by atoms with Crippen LogP contribution < -0.4 is 5.32 Å². The Hall–Kier alpha value is -1.60. The molecule has 1 unspecified atom stereocenters. The zero-order valence-electron chi connectivity index (χ0n) is 12.9. The average molecular weight is 272 g/mol. The third-order valence-corrected chi connectivity index (χ3v) is 3.86. The van der Waals surface area contributed by atoms with Gasteiger partial charge in [0.05, 0.1) is 5.56 Å². The van der Waals surface area contributed by atoms with Gasteiger partial charge in [0, 0.05) is 18.3 Å². The van der Waals surface area contributed by atoms with Gasteiger partial charge in [-0.1, -0.05) is 13.8 Å². The topological polar surface area (TPSA) is 52.0 Å². The first-order chi connectivity index (χ1) is 9.51. The molecule has 0 saturated carbocycles. The molecule has 1 heterocycles. The molecule has 1 aliphatic carbocycles. The molecule has 1 atom stereocenters. The lowest BCUT2D eigenvalue weighted by molar-refractivity contribution is 0.344. The SMILES string of the molecule is CC(C)C(CN(C)C)Nc1nc2c(cc1C#N)CCC2. The van der Waals surface area contributed by atoms with Crippen molar-refractivity contribution in [2.75, 3.05) is 26.0 Å². The van der Waals surface area contributed by atoms with Crippen molar-refractivity contribution in [2.45, 2.75) is 39.2 Å². The number of aryl methyl sites for hydroxylation is 2. The highest BCUT2D eigenvalue weighted by molar-refractivity contribution is 5.55. The van der Waals surface area contributed by atoms with Crippen LogP contribution in [0.25, 0.3) is 0 Å². The fourth-order valence-electron chi connectivity index (χ4n) is 2.66. The molecule has 108 valence electrons. The van der Waals surface area contributed by atoms with Crippen molar-refractivity contribution in [3.05, 3.63) is 22.9 Å². The second-order valence-corrected chi connectivity index (χ2v) is 6.21. The number of likely N-dealkylation sites (N-methyl/N-ethyl adjacent to an activating group) is 1. The van der Waals surface area contributed by atoms with Crippen molar-refractivity contribution in [1.29, 1.82) is 5.26 Å². The Labute approximate surface area is 121 Å². The molecular weight excluding hydrogens is 248 g/mol. The monoisotopic (exact) mass is 272 g/mol. The first-order valence-corrected chi connectivity index (χ1v) is 7.35. The van der Waals surface area contributed by atoms with Gasteiger partial charge in [-0.3, -0.25) is 0 Å². The molecule has 4 nitrogen and oxygen atoms in total. The fraction of sp³-hybridized carbons (Fsp3) is 0.625. The van der Waals surface area contributed by atoms with Gasteiger partial charge in [0.25, 0.3) is 0 Å². The molecular formula is C16H24N4.